The largest absolute Gasteiger partial charge is 0.483 e. The van der Waals surface area contributed by atoms with Gasteiger partial charge in [0.2, 0.25) is 0 Å². The van der Waals surface area contributed by atoms with Gasteiger partial charge in [0, 0.05) is 11.2 Å². The first-order valence-electron chi connectivity index (χ1n) is 8.69. The normalized spacial score (nSPS) is 10.5. The lowest BCUT2D eigenvalue weighted by atomic mass is 10.1. The number of nitrogens with zero attached hydrogens (tertiary/aromatic N) is 2. The number of aryl methyl sites for hydroxylation is 1. The zero-order chi connectivity index (χ0) is 19.2. The van der Waals surface area contributed by atoms with Crippen LogP contribution in [0.5, 0.6) is 5.75 Å². The summed E-state index contributed by atoms with van der Waals surface area (Å²) in [6.07, 6.45) is 1.67. The highest BCUT2D eigenvalue weighted by molar-refractivity contribution is 6.30. The van der Waals surface area contributed by atoms with E-state index in [4.69, 9.17) is 16.3 Å². The Morgan fingerprint density at radius 2 is 1.81 bits per heavy atom. The molecule has 0 N–H and O–H groups in total. The molecule has 4 nitrogen and oxygen atoms in total. The quantitative estimate of drug-likeness (QED) is 0.606. The Labute approximate surface area is 164 Å². The van der Waals surface area contributed by atoms with Gasteiger partial charge in [-0.15, -0.1) is 0 Å². The first-order valence-corrected chi connectivity index (χ1v) is 9.07. The van der Waals surface area contributed by atoms with Gasteiger partial charge in [-0.25, -0.2) is 4.98 Å². The highest BCUT2D eigenvalue weighted by Crippen LogP contribution is 2.21. The highest BCUT2D eigenvalue weighted by Gasteiger charge is 2.18. The van der Waals surface area contributed by atoms with Gasteiger partial charge in [0.05, 0.1) is 6.54 Å². The average Bonchev–Trinajstić information content (AvgIpc) is 2.69. The van der Waals surface area contributed by atoms with Gasteiger partial charge in [-0.05, 0) is 60.9 Å². The number of rotatable bonds is 6. The summed E-state index contributed by atoms with van der Waals surface area (Å²) in [7, 11) is 0. The molecule has 3 aromatic rings. The lowest BCUT2D eigenvalue weighted by Crippen LogP contribution is -2.35. The molecule has 0 aliphatic heterocycles. The molecular formula is C22H21ClN2O2. The number of halogens is 1. The summed E-state index contributed by atoms with van der Waals surface area (Å²) in [6.45, 7) is 4.34. The lowest BCUT2D eigenvalue weighted by molar-refractivity contribution is -0.120. The fraction of sp³-hybridized carbons (Fsp3) is 0.182. The van der Waals surface area contributed by atoms with E-state index in [1.807, 2.05) is 74.5 Å². The van der Waals surface area contributed by atoms with E-state index < -0.39 is 0 Å². The van der Waals surface area contributed by atoms with Crippen LogP contribution >= 0.6 is 11.6 Å². The van der Waals surface area contributed by atoms with Crippen LogP contribution in [-0.4, -0.2) is 17.5 Å². The molecule has 0 aliphatic rings. The topological polar surface area (TPSA) is 42.4 Å². The number of pyridine rings is 1. The number of aromatic nitrogens is 1. The number of carbonyl (C=O) groups is 1. The van der Waals surface area contributed by atoms with Crippen LogP contribution in [0.15, 0.2) is 66.9 Å². The monoisotopic (exact) mass is 380 g/mol. The van der Waals surface area contributed by atoms with Gasteiger partial charge in [-0.2, -0.15) is 0 Å². The molecule has 0 saturated heterocycles. The molecule has 0 unspecified atom stereocenters. The molecule has 0 spiro atoms. The first-order chi connectivity index (χ1) is 13.0. The summed E-state index contributed by atoms with van der Waals surface area (Å²) >= 11 is 5.96. The maximum absolute atomic E-state index is 12.9. The predicted molar refractivity (Wildman–Crippen MR) is 108 cm³/mol. The van der Waals surface area contributed by atoms with E-state index in [0.717, 1.165) is 22.4 Å². The first kappa shape index (κ1) is 18.9. The molecule has 1 aromatic heterocycles. The van der Waals surface area contributed by atoms with Crippen molar-refractivity contribution < 1.29 is 9.53 Å². The van der Waals surface area contributed by atoms with Crippen molar-refractivity contribution in [2.45, 2.75) is 20.4 Å². The number of carbonyl (C=O) groups excluding carboxylic acids is 1. The van der Waals surface area contributed by atoms with Crippen LogP contribution < -0.4 is 9.64 Å². The molecule has 138 valence electrons. The Balaban J connectivity index is 1.78. The Kier molecular flexibility index (Phi) is 6.09. The second kappa shape index (κ2) is 8.69. The molecule has 0 saturated carbocycles. The molecule has 1 amide bonds. The summed E-state index contributed by atoms with van der Waals surface area (Å²) < 4.78 is 5.80. The van der Waals surface area contributed by atoms with Crippen LogP contribution in [0.1, 0.15) is 16.7 Å². The Bertz CT molecular complexity index is 911. The van der Waals surface area contributed by atoms with Gasteiger partial charge in [0.1, 0.15) is 11.6 Å². The van der Waals surface area contributed by atoms with E-state index >= 15 is 0 Å². The summed E-state index contributed by atoms with van der Waals surface area (Å²) in [4.78, 5) is 18.9. The van der Waals surface area contributed by atoms with Crippen molar-refractivity contribution in [1.29, 1.82) is 0 Å². The third-order valence-corrected chi connectivity index (χ3v) is 4.64. The van der Waals surface area contributed by atoms with E-state index in [-0.39, 0.29) is 12.5 Å². The van der Waals surface area contributed by atoms with Crippen molar-refractivity contribution in [3.05, 3.63) is 88.6 Å². The molecule has 0 bridgehead atoms. The summed E-state index contributed by atoms with van der Waals surface area (Å²) in [6, 6.07) is 18.7. The fourth-order valence-electron chi connectivity index (χ4n) is 2.68. The van der Waals surface area contributed by atoms with Crippen molar-refractivity contribution in [2.75, 3.05) is 11.5 Å². The minimum absolute atomic E-state index is 0.0611. The van der Waals surface area contributed by atoms with Gasteiger partial charge >= 0.3 is 0 Å². The highest BCUT2D eigenvalue weighted by atomic mass is 35.5. The smallest absolute Gasteiger partial charge is 0.266 e. The summed E-state index contributed by atoms with van der Waals surface area (Å²) in [5, 5.41) is 0.660. The number of benzene rings is 2. The Hall–Kier alpha value is -2.85. The van der Waals surface area contributed by atoms with Crippen molar-refractivity contribution in [1.82, 2.24) is 4.98 Å². The minimum atomic E-state index is -0.162. The molecule has 0 atom stereocenters. The third kappa shape index (κ3) is 4.86. The molecular weight excluding hydrogens is 360 g/mol. The minimum Gasteiger partial charge on any atom is -0.483 e. The van der Waals surface area contributed by atoms with E-state index in [2.05, 4.69) is 4.98 Å². The number of amides is 1. The Morgan fingerprint density at radius 3 is 2.52 bits per heavy atom. The Morgan fingerprint density at radius 1 is 1.04 bits per heavy atom. The molecule has 0 radical (unpaired) electrons. The zero-order valence-corrected chi connectivity index (χ0v) is 16.1. The average molecular weight is 381 g/mol. The van der Waals surface area contributed by atoms with Gasteiger partial charge in [0.15, 0.2) is 6.61 Å². The predicted octanol–water partition coefficient (Wildman–Crippen LogP) is 4.96. The van der Waals surface area contributed by atoms with Crippen LogP contribution in [0.2, 0.25) is 5.02 Å². The summed E-state index contributed by atoms with van der Waals surface area (Å²) in [5.41, 5.74) is 3.13. The van der Waals surface area contributed by atoms with E-state index in [1.165, 1.54) is 0 Å². The second-order valence-corrected chi connectivity index (χ2v) is 6.72. The van der Waals surface area contributed by atoms with E-state index in [1.54, 1.807) is 11.1 Å². The molecule has 0 fully saturated rings. The molecule has 27 heavy (non-hydrogen) atoms. The maximum Gasteiger partial charge on any atom is 0.266 e. The van der Waals surface area contributed by atoms with E-state index in [9.17, 15) is 4.79 Å². The van der Waals surface area contributed by atoms with Crippen molar-refractivity contribution in [3.8, 4) is 5.75 Å². The number of ether oxygens (including phenoxy) is 1. The second-order valence-electron chi connectivity index (χ2n) is 6.28. The van der Waals surface area contributed by atoms with Crippen LogP contribution in [0.3, 0.4) is 0 Å². The lowest BCUT2D eigenvalue weighted by Gasteiger charge is -2.22. The van der Waals surface area contributed by atoms with Crippen LogP contribution in [0, 0.1) is 13.8 Å². The van der Waals surface area contributed by atoms with Gasteiger partial charge < -0.3 is 4.74 Å². The van der Waals surface area contributed by atoms with Crippen molar-refractivity contribution in [2.24, 2.45) is 0 Å². The zero-order valence-electron chi connectivity index (χ0n) is 15.4. The molecule has 2 aromatic carbocycles. The standard InChI is InChI=1S/C22H21ClN2O2/c1-16-6-5-7-20(17(16)2)27-15-22(26)25(21-8-3-4-13-24-21)14-18-9-11-19(23)12-10-18/h3-13H,14-15H2,1-2H3. The molecule has 5 heteroatoms. The van der Waals surface area contributed by atoms with Gasteiger partial charge in [-0.1, -0.05) is 41.9 Å². The molecule has 0 aliphatic carbocycles. The fourth-order valence-corrected chi connectivity index (χ4v) is 2.81. The summed E-state index contributed by atoms with van der Waals surface area (Å²) in [5.74, 6) is 1.14. The SMILES string of the molecule is Cc1cccc(OCC(=O)N(Cc2ccc(Cl)cc2)c2ccccn2)c1C. The maximum atomic E-state index is 12.9. The number of hydrogen-bond acceptors (Lipinski definition) is 3. The molecule has 1 heterocycles. The van der Waals surface area contributed by atoms with Crippen LogP contribution in [0.25, 0.3) is 0 Å². The third-order valence-electron chi connectivity index (χ3n) is 4.39. The van der Waals surface area contributed by atoms with Crippen LogP contribution in [0.4, 0.5) is 5.82 Å². The van der Waals surface area contributed by atoms with Gasteiger partial charge in [0.25, 0.3) is 5.91 Å². The van der Waals surface area contributed by atoms with Gasteiger partial charge in [-0.3, -0.25) is 9.69 Å². The van der Waals surface area contributed by atoms with E-state index in [0.29, 0.717) is 17.4 Å². The molecule has 3 rings (SSSR count). The van der Waals surface area contributed by atoms with Crippen molar-refractivity contribution >= 4 is 23.3 Å². The number of hydrogen-bond donors (Lipinski definition) is 0. The van der Waals surface area contributed by atoms with Crippen LogP contribution in [-0.2, 0) is 11.3 Å². The van der Waals surface area contributed by atoms with Crippen molar-refractivity contribution in [3.63, 3.8) is 0 Å². The number of anilines is 1.